The van der Waals surface area contributed by atoms with E-state index in [0.717, 1.165) is 17.7 Å². The molecule has 2 rings (SSSR count). The van der Waals surface area contributed by atoms with Crippen LogP contribution in [0.15, 0.2) is 18.2 Å². The van der Waals surface area contributed by atoms with Crippen molar-refractivity contribution in [2.75, 3.05) is 20.3 Å². The van der Waals surface area contributed by atoms with E-state index in [1.54, 1.807) is 6.07 Å². The molecule has 20 heavy (non-hydrogen) atoms. The predicted octanol–water partition coefficient (Wildman–Crippen LogP) is 1.65. The number of methoxy groups -OCH3 is 1. The van der Waals surface area contributed by atoms with Gasteiger partial charge in [-0.25, -0.2) is 0 Å². The molecule has 1 aromatic carbocycles. The zero-order valence-corrected chi connectivity index (χ0v) is 12.0. The first-order valence-corrected chi connectivity index (χ1v) is 6.66. The predicted molar refractivity (Wildman–Crippen MR) is 73.8 cm³/mol. The molecule has 1 amide bonds. The lowest BCUT2D eigenvalue weighted by Gasteiger charge is -2.25. The molecule has 5 nitrogen and oxygen atoms in total. The van der Waals surface area contributed by atoms with Crippen LogP contribution in [0.25, 0.3) is 0 Å². The number of carbonyl (C=O) groups excluding carboxylic acids is 2. The van der Waals surface area contributed by atoms with Crippen LogP contribution >= 0.6 is 0 Å². The van der Waals surface area contributed by atoms with Crippen LogP contribution in [0.5, 0.6) is 5.75 Å². The van der Waals surface area contributed by atoms with Gasteiger partial charge in [-0.3, -0.25) is 9.59 Å². The Morgan fingerprint density at radius 1 is 1.40 bits per heavy atom. The van der Waals surface area contributed by atoms with Crippen molar-refractivity contribution in [3.05, 3.63) is 29.3 Å². The minimum atomic E-state index is -0.420. The normalized spacial score (nSPS) is 12.8. The molecular weight excluding hydrogens is 258 g/mol. The average Bonchev–Trinajstić information content (AvgIpc) is 2.90. The summed E-state index contributed by atoms with van der Waals surface area (Å²) < 4.78 is 10.1. The van der Waals surface area contributed by atoms with Crippen LogP contribution in [0.2, 0.25) is 0 Å². The van der Waals surface area contributed by atoms with Gasteiger partial charge in [-0.05, 0) is 37.6 Å². The van der Waals surface area contributed by atoms with Gasteiger partial charge in [0.2, 0.25) is 0 Å². The van der Waals surface area contributed by atoms with Crippen LogP contribution < -0.4 is 4.74 Å². The number of benzene rings is 1. The van der Waals surface area contributed by atoms with E-state index < -0.39 is 5.97 Å². The summed E-state index contributed by atoms with van der Waals surface area (Å²) in [5, 5.41) is 0. The lowest BCUT2D eigenvalue weighted by Crippen LogP contribution is -2.41. The maximum atomic E-state index is 12.5. The minimum Gasteiger partial charge on any atom is -0.493 e. The summed E-state index contributed by atoms with van der Waals surface area (Å²) in [6.07, 6.45) is 0.815. The number of hydrogen-bond acceptors (Lipinski definition) is 4. The standard InChI is InChI=1S/C15H19NO4/c1-10(2)16(9-14(17)19-3)15(18)12-4-5-13-11(8-12)6-7-20-13/h4-5,8,10H,6-7,9H2,1-3H3. The van der Waals surface area contributed by atoms with Crippen molar-refractivity contribution < 1.29 is 19.1 Å². The number of amides is 1. The molecule has 0 N–H and O–H groups in total. The average molecular weight is 277 g/mol. The summed E-state index contributed by atoms with van der Waals surface area (Å²) in [6.45, 7) is 4.36. The van der Waals surface area contributed by atoms with E-state index in [0.29, 0.717) is 12.2 Å². The van der Waals surface area contributed by atoms with Gasteiger partial charge in [0.05, 0.1) is 13.7 Å². The lowest BCUT2D eigenvalue weighted by molar-refractivity contribution is -0.141. The molecule has 0 radical (unpaired) electrons. The minimum absolute atomic E-state index is 0.0411. The van der Waals surface area contributed by atoms with Gasteiger partial charge in [-0.1, -0.05) is 0 Å². The van der Waals surface area contributed by atoms with Crippen molar-refractivity contribution in [2.24, 2.45) is 0 Å². The van der Waals surface area contributed by atoms with E-state index in [9.17, 15) is 9.59 Å². The van der Waals surface area contributed by atoms with Gasteiger partial charge in [0.1, 0.15) is 12.3 Å². The highest BCUT2D eigenvalue weighted by molar-refractivity contribution is 5.96. The van der Waals surface area contributed by atoms with Gasteiger partial charge in [0.15, 0.2) is 0 Å². The smallest absolute Gasteiger partial charge is 0.325 e. The molecule has 5 heteroatoms. The van der Waals surface area contributed by atoms with E-state index in [4.69, 9.17) is 4.74 Å². The quantitative estimate of drug-likeness (QED) is 0.785. The molecule has 0 fully saturated rings. The second-order valence-corrected chi connectivity index (χ2v) is 5.02. The Hall–Kier alpha value is -2.04. The fraction of sp³-hybridized carbons (Fsp3) is 0.467. The molecule has 108 valence electrons. The molecular formula is C15H19NO4. The summed E-state index contributed by atoms with van der Waals surface area (Å²) in [5.41, 5.74) is 1.62. The zero-order valence-electron chi connectivity index (χ0n) is 12.0. The molecule has 0 atom stereocenters. The van der Waals surface area contributed by atoms with Crippen molar-refractivity contribution in [3.8, 4) is 5.75 Å². The van der Waals surface area contributed by atoms with Crippen molar-refractivity contribution in [2.45, 2.75) is 26.3 Å². The van der Waals surface area contributed by atoms with Crippen LogP contribution in [0, 0.1) is 0 Å². The SMILES string of the molecule is COC(=O)CN(C(=O)c1ccc2c(c1)CCO2)C(C)C. The number of rotatable bonds is 4. The van der Waals surface area contributed by atoms with Crippen LogP contribution in [0.4, 0.5) is 0 Å². The highest BCUT2D eigenvalue weighted by Crippen LogP contribution is 2.26. The van der Waals surface area contributed by atoms with Gasteiger partial charge < -0.3 is 14.4 Å². The highest BCUT2D eigenvalue weighted by atomic mass is 16.5. The number of nitrogens with zero attached hydrogens (tertiary/aromatic N) is 1. The first-order valence-electron chi connectivity index (χ1n) is 6.66. The maximum absolute atomic E-state index is 12.5. The first kappa shape index (κ1) is 14.4. The number of fused-ring (bicyclic) bond motifs is 1. The number of ether oxygens (including phenoxy) is 2. The van der Waals surface area contributed by atoms with Crippen molar-refractivity contribution in [1.29, 1.82) is 0 Å². The molecule has 0 aliphatic carbocycles. The van der Waals surface area contributed by atoms with Gasteiger partial charge in [-0.15, -0.1) is 0 Å². The summed E-state index contributed by atoms with van der Waals surface area (Å²) in [6, 6.07) is 5.31. The molecule has 0 bridgehead atoms. The Labute approximate surface area is 118 Å². The molecule has 1 aliphatic rings. The second-order valence-electron chi connectivity index (χ2n) is 5.02. The third-order valence-electron chi connectivity index (χ3n) is 3.35. The van der Waals surface area contributed by atoms with E-state index in [2.05, 4.69) is 4.74 Å². The van der Waals surface area contributed by atoms with E-state index in [1.807, 2.05) is 26.0 Å². The summed E-state index contributed by atoms with van der Waals surface area (Å²) in [7, 11) is 1.32. The first-order chi connectivity index (χ1) is 9.52. The van der Waals surface area contributed by atoms with Crippen LogP contribution in [-0.2, 0) is 16.0 Å². The number of hydrogen-bond donors (Lipinski definition) is 0. The van der Waals surface area contributed by atoms with Gasteiger partial charge in [0, 0.05) is 18.0 Å². The number of carbonyl (C=O) groups is 2. The van der Waals surface area contributed by atoms with Crippen LogP contribution in [-0.4, -0.2) is 43.1 Å². The van der Waals surface area contributed by atoms with Gasteiger partial charge in [-0.2, -0.15) is 0 Å². The van der Waals surface area contributed by atoms with E-state index in [1.165, 1.54) is 12.0 Å². The topological polar surface area (TPSA) is 55.8 Å². The van der Waals surface area contributed by atoms with E-state index in [-0.39, 0.29) is 18.5 Å². The molecule has 1 aliphatic heterocycles. The largest absolute Gasteiger partial charge is 0.493 e. The fourth-order valence-electron chi connectivity index (χ4n) is 2.18. The molecule has 0 aromatic heterocycles. The van der Waals surface area contributed by atoms with Crippen molar-refractivity contribution in [3.63, 3.8) is 0 Å². The van der Waals surface area contributed by atoms with Crippen molar-refractivity contribution in [1.82, 2.24) is 4.90 Å². The molecule has 0 saturated heterocycles. The highest BCUT2D eigenvalue weighted by Gasteiger charge is 2.23. The third-order valence-corrected chi connectivity index (χ3v) is 3.35. The molecule has 0 unspecified atom stereocenters. The zero-order chi connectivity index (χ0) is 14.7. The van der Waals surface area contributed by atoms with Crippen LogP contribution in [0.3, 0.4) is 0 Å². The Morgan fingerprint density at radius 2 is 2.15 bits per heavy atom. The summed E-state index contributed by atoms with van der Waals surface area (Å²) >= 11 is 0. The third kappa shape index (κ3) is 2.92. The Bertz CT molecular complexity index is 525. The number of esters is 1. The molecule has 1 heterocycles. The fourth-order valence-corrected chi connectivity index (χ4v) is 2.18. The molecule has 1 aromatic rings. The van der Waals surface area contributed by atoms with E-state index >= 15 is 0 Å². The summed E-state index contributed by atoms with van der Waals surface area (Å²) in [4.78, 5) is 25.4. The van der Waals surface area contributed by atoms with Gasteiger partial charge in [0.25, 0.3) is 5.91 Å². The monoisotopic (exact) mass is 277 g/mol. The molecule has 0 spiro atoms. The maximum Gasteiger partial charge on any atom is 0.325 e. The van der Waals surface area contributed by atoms with Crippen molar-refractivity contribution >= 4 is 11.9 Å². The Morgan fingerprint density at radius 3 is 2.80 bits per heavy atom. The Kier molecular flexibility index (Phi) is 4.27. The summed E-state index contributed by atoms with van der Waals surface area (Å²) in [5.74, 6) is 0.252. The van der Waals surface area contributed by atoms with Crippen LogP contribution in [0.1, 0.15) is 29.8 Å². The molecule has 0 saturated carbocycles. The van der Waals surface area contributed by atoms with Gasteiger partial charge >= 0.3 is 5.97 Å². The Balaban J connectivity index is 2.21. The lowest BCUT2D eigenvalue weighted by atomic mass is 10.1. The second kappa shape index (κ2) is 5.94.